The van der Waals surface area contributed by atoms with Gasteiger partial charge in [-0.25, -0.2) is 0 Å². The van der Waals surface area contributed by atoms with Crippen molar-refractivity contribution in [3.05, 3.63) is 29.8 Å². The number of rotatable bonds is 7. The average Bonchev–Trinajstić information content (AvgIpc) is 2.33. The van der Waals surface area contributed by atoms with E-state index in [-0.39, 0.29) is 17.6 Å². The summed E-state index contributed by atoms with van der Waals surface area (Å²) in [7, 11) is 0. The van der Waals surface area contributed by atoms with Gasteiger partial charge in [0.25, 0.3) is 0 Å². The Bertz CT molecular complexity index is 450. The van der Waals surface area contributed by atoms with Gasteiger partial charge in [0.05, 0.1) is 6.10 Å². The van der Waals surface area contributed by atoms with Crippen LogP contribution in [-0.4, -0.2) is 24.1 Å². The van der Waals surface area contributed by atoms with Crippen LogP contribution < -0.4 is 15.4 Å². The summed E-state index contributed by atoms with van der Waals surface area (Å²) in [4.78, 5) is 11.7. The lowest BCUT2D eigenvalue weighted by Gasteiger charge is -2.20. The maximum atomic E-state index is 11.7. The summed E-state index contributed by atoms with van der Waals surface area (Å²) in [5, 5.41) is 6.24. The van der Waals surface area contributed by atoms with Crippen LogP contribution in [0.2, 0.25) is 0 Å². The van der Waals surface area contributed by atoms with Gasteiger partial charge in [-0.3, -0.25) is 4.79 Å². The number of nitrogens with one attached hydrogen (secondary N) is 2. The van der Waals surface area contributed by atoms with Crippen molar-refractivity contribution < 1.29 is 9.53 Å². The summed E-state index contributed by atoms with van der Waals surface area (Å²) >= 11 is 0. The highest BCUT2D eigenvalue weighted by molar-refractivity contribution is 5.76. The molecular formula is C17H28N2O2. The molecule has 0 aromatic heterocycles. The van der Waals surface area contributed by atoms with Crippen LogP contribution in [0.1, 0.15) is 46.6 Å². The van der Waals surface area contributed by atoms with Crippen LogP contribution in [0, 0.1) is 0 Å². The normalized spacial score (nSPS) is 11.5. The van der Waals surface area contributed by atoms with Gasteiger partial charge < -0.3 is 15.4 Å². The van der Waals surface area contributed by atoms with Crippen molar-refractivity contribution in [1.82, 2.24) is 10.6 Å². The molecule has 0 saturated heterocycles. The van der Waals surface area contributed by atoms with Crippen molar-refractivity contribution in [3.8, 4) is 5.75 Å². The first-order valence-corrected chi connectivity index (χ1v) is 7.54. The molecule has 0 heterocycles. The second-order valence-corrected chi connectivity index (χ2v) is 6.50. The summed E-state index contributed by atoms with van der Waals surface area (Å²) in [5.74, 6) is 0.973. The second-order valence-electron chi connectivity index (χ2n) is 6.50. The first-order valence-electron chi connectivity index (χ1n) is 7.54. The highest BCUT2D eigenvalue weighted by Gasteiger charge is 2.13. The monoisotopic (exact) mass is 292 g/mol. The molecule has 0 aliphatic carbocycles. The van der Waals surface area contributed by atoms with Crippen molar-refractivity contribution >= 4 is 5.91 Å². The van der Waals surface area contributed by atoms with Crippen molar-refractivity contribution in [2.75, 3.05) is 6.54 Å². The highest BCUT2D eigenvalue weighted by Crippen LogP contribution is 2.18. The molecule has 4 heteroatoms. The van der Waals surface area contributed by atoms with Gasteiger partial charge in [0, 0.05) is 30.6 Å². The smallest absolute Gasteiger partial charge is 0.221 e. The molecule has 0 atom stereocenters. The number of para-hydroxylation sites is 1. The summed E-state index contributed by atoms with van der Waals surface area (Å²) in [6.45, 7) is 11.3. The molecule has 1 rings (SSSR count). The lowest BCUT2D eigenvalue weighted by atomic mass is 10.1. The van der Waals surface area contributed by atoms with Crippen LogP contribution in [0.4, 0.5) is 0 Å². The van der Waals surface area contributed by atoms with E-state index < -0.39 is 0 Å². The van der Waals surface area contributed by atoms with Crippen LogP contribution in [0.3, 0.4) is 0 Å². The molecular weight excluding hydrogens is 264 g/mol. The summed E-state index contributed by atoms with van der Waals surface area (Å²) in [6, 6.07) is 7.98. The van der Waals surface area contributed by atoms with Gasteiger partial charge in [0.1, 0.15) is 5.75 Å². The maximum Gasteiger partial charge on any atom is 0.221 e. The molecule has 0 spiro atoms. The van der Waals surface area contributed by atoms with Crippen LogP contribution >= 0.6 is 0 Å². The number of carbonyl (C=O) groups excluding carboxylic acids is 1. The number of amides is 1. The van der Waals surface area contributed by atoms with E-state index in [1.807, 2.05) is 58.9 Å². The van der Waals surface area contributed by atoms with Gasteiger partial charge in [0.15, 0.2) is 0 Å². The Morgan fingerprint density at radius 3 is 2.52 bits per heavy atom. The molecule has 0 aliphatic heterocycles. The second kappa shape index (κ2) is 8.03. The topological polar surface area (TPSA) is 50.4 Å². The fourth-order valence-corrected chi connectivity index (χ4v) is 1.92. The van der Waals surface area contributed by atoms with Crippen molar-refractivity contribution in [2.24, 2.45) is 0 Å². The molecule has 0 unspecified atom stereocenters. The SMILES string of the molecule is CC(C)Oc1ccccc1CNCCC(=O)NC(C)(C)C. The van der Waals surface area contributed by atoms with Gasteiger partial charge in [-0.05, 0) is 40.7 Å². The summed E-state index contributed by atoms with van der Waals surface area (Å²) in [5.41, 5.74) is 0.942. The number of carbonyl (C=O) groups is 1. The number of benzene rings is 1. The molecule has 1 aromatic carbocycles. The van der Waals surface area contributed by atoms with Gasteiger partial charge in [0.2, 0.25) is 5.91 Å². The zero-order valence-corrected chi connectivity index (χ0v) is 13.8. The lowest BCUT2D eigenvalue weighted by molar-refractivity contribution is -0.122. The lowest BCUT2D eigenvalue weighted by Crippen LogP contribution is -2.41. The van der Waals surface area contributed by atoms with Gasteiger partial charge in [-0.2, -0.15) is 0 Å². The Hall–Kier alpha value is -1.55. The zero-order valence-electron chi connectivity index (χ0n) is 13.8. The Balaban J connectivity index is 2.38. The minimum absolute atomic E-state index is 0.0710. The van der Waals surface area contributed by atoms with E-state index in [2.05, 4.69) is 10.6 Å². The molecule has 1 aromatic rings. The van der Waals surface area contributed by atoms with Crippen LogP contribution in [0.25, 0.3) is 0 Å². The van der Waals surface area contributed by atoms with E-state index in [1.54, 1.807) is 0 Å². The van der Waals surface area contributed by atoms with Crippen LogP contribution in [0.5, 0.6) is 5.75 Å². The predicted molar refractivity (Wildman–Crippen MR) is 86.4 cm³/mol. The fraction of sp³-hybridized carbons (Fsp3) is 0.588. The summed E-state index contributed by atoms with van der Waals surface area (Å²) < 4.78 is 5.77. The van der Waals surface area contributed by atoms with Gasteiger partial charge in [-0.1, -0.05) is 18.2 Å². The molecule has 0 bridgehead atoms. The number of hydrogen-bond acceptors (Lipinski definition) is 3. The van der Waals surface area contributed by atoms with E-state index in [0.717, 1.165) is 11.3 Å². The maximum absolute atomic E-state index is 11.7. The minimum Gasteiger partial charge on any atom is -0.491 e. The number of ether oxygens (including phenoxy) is 1. The molecule has 118 valence electrons. The van der Waals surface area contributed by atoms with Crippen LogP contribution in [-0.2, 0) is 11.3 Å². The Morgan fingerprint density at radius 1 is 1.24 bits per heavy atom. The third kappa shape index (κ3) is 7.71. The quantitative estimate of drug-likeness (QED) is 0.760. The molecule has 0 aliphatic rings. The Morgan fingerprint density at radius 2 is 1.90 bits per heavy atom. The van der Waals surface area contributed by atoms with E-state index in [1.165, 1.54) is 0 Å². The first kappa shape index (κ1) is 17.5. The van der Waals surface area contributed by atoms with Crippen molar-refractivity contribution in [3.63, 3.8) is 0 Å². The first-order chi connectivity index (χ1) is 9.78. The Labute approximate surface area is 128 Å². The fourth-order valence-electron chi connectivity index (χ4n) is 1.92. The van der Waals surface area contributed by atoms with Crippen molar-refractivity contribution in [1.29, 1.82) is 0 Å². The summed E-state index contributed by atoms with van der Waals surface area (Å²) in [6.07, 6.45) is 0.633. The third-order valence-corrected chi connectivity index (χ3v) is 2.69. The average molecular weight is 292 g/mol. The predicted octanol–water partition coefficient (Wildman–Crippen LogP) is 2.87. The zero-order chi connectivity index (χ0) is 15.9. The van der Waals surface area contributed by atoms with E-state index in [9.17, 15) is 4.79 Å². The molecule has 21 heavy (non-hydrogen) atoms. The minimum atomic E-state index is -0.172. The molecule has 1 amide bonds. The molecule has 0 fully saturated rings. The van der Waals surface area contributed by atoms with Crippen molar-refractivity contribution in [2.45, 2.75) is 59.2 Å². The highest BCUT2D eigenvalue weighted by atomic mass is 16.5. The van der Waals surface area contributed by atoms with Gasteiger partial charge >= 0.3 is 0 Å². The Kier molecular flexibility index (Phi) is 6.69. The van der Waals surface area contributed by atoms with Crippen LogP contribution in [0.15, 0.2) is 24.3 Å². The molecule has 2 N–H and O–H groups in total. The third-order valence-electron chi connectivity index (χ3n) is 2.69. The molecule has 4 nitrogen and oxygen atoms in total. The van der Waals surface area contributed by atoms with E-state index in [0.29, 0.717) is 19.5 Å². The number of hydrogen-bond donors (Lipinski definition) is 2. The van der Waals surface area contributed by atoms with E-state index in [4.69, 9.17) is 4.74 Å². The standard InChI is InChI=1S/C17H28N2O2/c1-13(2)21-15-9-7-6-8-14(15)12-18-11-10-16(20)19-17(3,4)5/h6-9,13,18H,10-12H2,1-5H3,(H,19,20). The van der Waals surface area contributed by atoms with Gasteiger partial charge in [-0.15, -0.1) is 0 Å². The largest absolute Gasteiger partial charge is 0.491 e. The van der Waals surface area contributed by atoms with E-state index >= 15 is 0 Å². The molecule has 0 saturated carbocycles. The molecule has 0 radical (unpaired) electrons.